The summed E-state index contributed by atoms with van der Waals surface area (Å²) in [7, 11) is 1.38. The van der Waals surface area contributed by atoms with Gasteiger partial charge in [-0.05, 0) is 148 Å². The fourth-order valence-electron chi connectivity index (χ4n) is 9.38. The SMILES string of the molecule is CCCCCc1ccc(C(=O)N(Cc2ccc(C(=O)O)cc2)C2CCN(CCC(C)C)CC2)nc1.CCCCCc1ccc(C(=O)N(Cc2ccc(C(=O)OC)cc2)C2CCN(CCC(C)C)CC2)nc1. The van der Waals surface area contributed by atoms with Crippen molar-refractivity contribution in [3.63, 3.8) is 0 Å². The number of hydrogen-bond acceptors (Lipinski definition) is 9. The van der Waals surface area contributed by atoms with Crippen molar-refractivity contribution in [2.75, 3.05) is 46.4 Å². The Kier molecular flexibility index (Phi) is 23.7. The maximum Gasteiger partial charge on any atom is 0.337 e. The van der Waals surface area contributed by atoms with E-state index in [1.165, 1.54) is 56.8 Å². The molecule has 2 amide bonds. The minimum absolute atomic E-state index is 0.0206. The summed E-state index contributed by atoms with van der Waals surface area (Å²) in [6.45, 7) is 20.6. The van der Waals surface area contributed by atoms with Crippen molar-refractivity contribution >= 4 is 23.8 Å². The molecule has 12 nitrogen and oxygen atoms in total. The normalized spacial score (nSPS) is 14.8. The number of piperidine rings is 2. The Bertz CT molecular complexity index is 2200. The van der Waals surface area contributed by atoms with Gasteiger partial charge in [-0.2, -0.15) is 0 Å². The molecule has 71 heavy (non-hydrogen) atoms. The second-order valence-corrected chi connectivity index (χ2v) is 20.6. The first-order valence-electron chi connectivity index (χ1n) is 26.7. The third kappa shape index (κ3) is 18.6. The number of likely N-dealkylation sites (tertiary alicyclic amines) is 2. The number of aromatic nitrogens is 2. The number of carboxylic acid groups (broad SMARTS) is 1. The van der Waals surface area contributed by atoms with Gasteiger partial charge < -0.3 is 29.4 Å². The van der Waals surface area contributed by atoms with Crippen LogP contribution in [0.5, 0.6) is 0 Å². The fraction of sp³-hybridized carbons (Fsp3) is 0.559. The van der Waals surface area contributed by atoms with Gasteiger partial charge in [0.1, 0.15) is 11.4 Å². The molecule has 6 rings (SSSR count). The maximum atomic E-state index is 13.7. The van der Waals surface area contributed by atoms with Crippen LogP contribution in [0, 0.1) is 11.8 Å². The number of unbranched alkanes of at least 4 members (excludes halogenated alkanes) is 4. The van der Waals surface area contributed by atoms with Crippen molar-refractivity contribution in [1.82, 2.24) is 29.6 Å². The predicted molar refractivity (Wildman–Crippen MR) is 284 cm³/mol. The number of carbonyl (C=O) groups is 4. The molecular weight excluding hydrogens is 889 g/mol. The van der Waals surface area contributed by atoms with E-state index >= 15 is 0 Å². The molecular formula is C59H84N6O6. The smallest absolute Gasteiger partial charge is 0.337 e. The van der Waals surface area contributed by atoms with Crippen LogP contribution >= 0.6 is 0 Å². The van der Waals surface area contributed by atoms with Gasteiger partial charge in [-0.15, -0.1) is 0 Å². The van der Waals surface area contributed by atoms with E-state index in [1.807, 2.05) is 70.7 Å². The summed E-state index contributed by atoms with van der Waals surface area (Å²) >= 11 is 0. The number of carbonyl (C=O) groups excluding carboxylic acids is 3. The first-order chi connectivity index (χ1) is 34.3. The third-order valence-corrected chi connectivity index (χ3v) is 14.1. The molecule has 0 radical (unpaired) electrons. The van der Waals surface area contributed by atoms with E-state index in [1.54, 1.807) is 24.3 Å². The molecule has 2 aromatic carbocycles. The zero-order chi connectivity index (χ0) is 51.1. The lowest BCUT2D eigenvalue weighted by Gasteiger charge is -2.38. The van der Waals surface area contributed by atoms with E-state index in [2.05, 4.69) is 61.3 Å². The number of pyridine rings is 2. The average molecular weight is 973 g/mol. The third-order valence-electron chi connectivity index (χ3n) is 14.1. The Labute approximate surface area is 425 Å². The highest BCUT2D eigenvalue weighted by molar-refractivity contribution is 5.93. The quantitative estimate of drug-likeness (QED) is 0.0534. The predicted octanol–water partition coefficient (Wildman–Crippen LogP) is 11.4. The van der Waals surface area contributed by atoms with E-state index in [-0.39, 0.29) is 35.4 Å². The molecule has 2 aliphatic rings. The lowest BCUT2D eigenvalue weighted by molar-refractivity contribution is 0.0534. The number of benzene rings is 2. The molecule has 0 spiro atoms. The summed E-state index contributed by atoms with van der Waals surface area (Å²) in [6.07, 6.45) is 18.9. The van der Waals surface area contributed by atoms with Crippen LogP contribution in [0.2, 0.25) is 0 Å². The summed E-state index contributed by atoms with van der Waals surface area (Å²) in [4.78, 5) is 68.5. The molecule has 0 saturated carbocycles. The Morgan fingerprint density at radius 1 is 0.577 bits per heavy atom. The molecule has 386 valence electrons. The largest absolute Gasteiger partial charge is 0.478 e. The average Bonchev–Trinajstić information content (AvgIpc) is 3.39. The highest BCUT2D eigenvalue weighted by Gasteiger charge is 2.31. The number of ether oxygens (including phenoxy) is 1. The first kappa shape index (κ1) is 56.5. The van der Waals surface area contributed by atoms with Gasteiger partial charge in [0.25, 0.3) is 11.8 Å². The Morgan fingerprint density at radius 2 is 0.958 bits per heavy atom. The van der Waals surface area contributed by atoms with Crippen molar-refractivity contribution in [1.29, 1.82) is 0 Å². The number of aryl methyl sites for hydroxylation is 2. The zero-order valence-corrected chi connectivity index (χ0v) is 44.1. The van der Waals surface area contributed by atoms with E-state index in [4.69, 9.17) is 4.74 Å². The van der Waals surface area contributed by atoms with Gasteiger partial charge in [-0.3, -0.25) is 19.6 Å². The number of amides is 2. The number of aromatic carboxylic acids is 1. The van der Waals surface area contributed by atoms with Crippen LogP contribution in [0.1, 0.15) is 183 Å². The zero-order valence-electron chi connectivity index (χ0n) is 44.1. The highest BCUT2D eigenvalue weighted by Crippen LogP contribution is 2.25. The molecule has 2 aromatic heterocycles. The molecule has 0 bridgehead atoms. The Hall–Kier alpha value is -5.46. The molecule has 4 heterocycles. The van der Waals surface area contributed by atoms with Gasteiger partial charge in [0.05, 0.1) is 18.2 Å². The van der Waals surface area contributed by atoms with Crippen molar-refractivity contribution < 1.29 is 29.0 Å². The van der Waals surface area contributed by atoms with Crippen LogP contribution in [0.4, 0.5) is 0 Å². The summed E-state index contributed by atoms with van der Waals surface area (Å²) in [5, 5.41) is 9.21. The summed E-state index contributed by atoms with van der Waals surface area (Å²) < 4.78 is 4.82. The fourth-order valence-corrected chi connectivity index (χ4v) is 9.38. The Morgan fingerprint density at radius 3 is 1.28 bits per heavy atom. The maximum absolute atomic E-state index is 13.7. The van der Waals surface area contributed by atoms with Crippen molar-refractivity contribution in [2.45, 2.75) is 157 Å². The molecule has 12 heteroatoms. The van der Waals surface area contributed by atoms with Crippen LogP contribution in [-0.4, -0.2) is 117 Å². The lowest BCUT2D eigenvalue weighted by Crippen LogP contribution is -2.47. The molecule has 2 fully saturated rings. The van der Waals surface area contributed by atoms with Gasteiger partial charge in [-0.25, -0.2) is 9.59 Å². The molecule has 2 aliphatic heterocycles. The van der Waals surface area contributed by atoms with Crippen LogP contribution in [0.25, 0.3) is 0 Å². The number of methoxy groups -OCH3 is 1. The Balaban J connectivity index is 0.000000264. The van der Waals surface area contributed by atoms with Gasteiger partial charge in [0.2, 0.25) is 0 Å². The topological polar surface area (TPSA) is 136 Å². The minimum atomic E-state index is -0.943. The first-order valence-corrected chi connectivity index (χ1v) is 26.7. The summed E-state index contributed by atoms with van der Waals surface area (Å²) in [6, 6.07) is 22.3. The van der Waals surface area contributed by atoms with Crippen molar-refractivity contribution in [2.24, 2.45) is 11.8 Å². The second kappa shape index (κ2) is 29.8. The van der Waals surface area contributed by atoms with Crippen LogP contribution in [0.3, 0.4) is 0 Å². The minimum Gasteiger partial charge on any atom is -0.478 e. The number of carboxylic acids is 1. The number of hydrogen-bond donors (Lipinski definition) is 1. The van der Waals surface area contributed by atoms with Gasteiger partial charge in [-0.1, -0.05) is 104 Å². The molecule has 4 aromatic rings. The lowest BCUT2D eigenvalue weighted by atomic mass is 10.00. The highest BCUT2D eigenvalue weighted by atomic mass is 16.5. The van der Waals surface area contributed by atoms with Crippen molar-refractivity contribution in [3.05, 3.63) is 130 Å². The monoisotopic (exact) mass is 973 g/mol. The summed E-state index contributed by atoms with van der Waals surface area (Å²) in [5.41, 5.74) is 6.03. The molecule has 0 unspecified atom stereocenters. The number of nitrogens with zero attached hydrogens (tertiary/aromatic N) is 6. The molecule has 0 atom stereocenters. The van der Waals surface area contributed by atoms with Gasteiger partial charge in [0.15, 0.2) is 0 Å². The second-order valence-electron chi connectivity index (χ2n) is 20.6. The van der Waals surface area contributed by atoms with Crippen molar-refractivity contribution in [3.8, 4) is 0 Å². The molecule has 0 aliphatic carbocycles. The number of esters is 1. The van der Waals surface area contributed by atoms with E-state index in [0.717, 1.165) is 102 Å². The van der Waals surface area contributed by atoms with Crippen LogP contribution < -0.4 is 0 Å². The van der Waals surface area contributed by atoms with Crippen LogP contribution in [-0.2, 0) is 30.7 Å². The van der Waals surface area contributed by atoms with E-state index < -0.39 is 5.97 Å². The summed E-state index contributed by atoms with van der Waals surface area (Å²) in [5.74, 6) is 0.0224. The van der Waals surface area contributed by atoms with Crippen LogP contribution in [0.15, 0.2) is 85.2 Å². The van der Waals surface area contributed by atoms with E-state index in [9.17, 15) is 24.3 Å². The molecule has 2 saturated heterocycles. The molecule has 1 N–H and O–H groups in total. The number of rotatable bonds is 24. The standard InChI is InChI=1S/C30H43N3O3.C29H41N3O3/c1-5-6-7-8-24-11-14-28(31-21-24)29(34)33(22-25-9-12-26(13-10-25)30(35)36-4)27-16-19-32(20-17-27)18-15-23(2)3;1-4-5-6-7-23-10-13-27(30-20-23)28(33)32(21-24-8-11-25(12-9-24)29(34)35)26-15-18-31(19-16-26)17-14-22(2)3/h9-14,21,23,27H,5-8,15-20,22H2,1-4H3;8-13,20,22,26H,4-7,14-19,21H2,1-3H3,(H,34,35). The van der Waals surface area contributed by atoms with Gasteiger partial charge in [0, 0.05) is 63.7 Å². The van der Waals surface area contributed by atoms with E-state index in [0.29, 0.717) is 41.9 Å². The van der Waals surface area contributed by atoms with Gasteiger partial charge >= 0.3 is 11.9 Å².